The molecule has 1 heterocycles. The predicted octanol–water partition coefficient (Wildman–Crippen LogP) is 2.90. The average Bonchev–Trinajstić information content (AvgIpc) is 2.28. The molecule has 0 saturated heterocycles. The first kappa shape index (κ1) is 15.2. The molecule has 1 aromatic rings. The summed E-state index contributed by atoms with van der Waals surface area (Å²) < 4.78 is 5.11. The van der Waals surface area contributed by atoms with Crippen LogP contribution < -0.4 is 4.90 Å². The van der Waals surface area contributed by atoms with Gasteiger partial charge < -0.3 is 9.64 Å². The van der Waals surface area contributed by atoms with E-state index in [1.807, 2.05) is 0 Å². The van der Waals surface area contributed by atoms with E-state index in [1.54, 1.807) is 13.2 Å². The number of ether oxygens (including phenoxy) is 1. The van der Waals surface area contributed by atoms with Crippen LogP contribution in [-0.4, -0.2) is 36.8 Å². The van der Waals surface area contributed by atoms with Gasteiger partial charge in [0.25, 0.3) is 0 Å². The number of halogens is 1. The van der Waals surface area contributed by atoms with Crippen LogP contribution in [0.25, 0.3) is 0 Å². The Labute approximate surface area is 114 Å². The lowest BCUT2D eigenvalue weighted by molar-refractivity contribution is 0.205. The molecule has 5 heteroatoms. The Balaban J connectivity index is 3.04. The van der Waals surface area contributed by atoms with Crippen molar-refractivity contribution in [3.05, 3.63) is 17.0 Å². The van der Waals surface area contributed by atoms with Crippen molar-refractivity contribution in [2.75, 3.05) is 31.7 Å². The first-order chi connectivity index (χ1) is 8.38. The molecule has 102 valence electrons. The van der Waals surface area contributed by atoms with Crippen molar-refractivity contribution in [3.8, 4) is 0 Å². The number of hydrogen-bond donors (Lipinski definition) is 0. The molecule has 0 atom stereocenters. The summed E-state index contributed by atoms with van der Waals surface area (Å²) in [5, 5.41) is 0.487. The predicted molar refractivity (Wildman–Crippen MR) is 75.5 cm³/mol. The van der Waals surface area contributed by atoms with Crippen molar-refractivity contribution in [3.63, 3.8) is 0 Å². The van der Waals surface area contributed by atoms with Crippen molar-refractivity contribution < 1.29 is 4.74 Å². The SMILES string of the molecule is CCN(CCOC)c1cc(Cl)nc(C(C)(C)C)n1. The molecular formula is C13H22ClN3O. The molecule has 0 aliphatic rings. The fourth-order valence-electron chi connectivity index (χ4n) is 1.54. The molecule has 0 saturated carbocycles. The number of aromatic nitrogens is 2. The van der Waals surface area contributed by atoms with Crippen LogP contribution in [0.1, 0.15) is 33.5 Å². The summed E-state index contributed by atoms with van der Waals surface area (Å²) in [5.41, 5.74) is -0.111. The van der Waals surface area contributed by atoms with Gasteiger partial charge in [0.1, 0.15) is 16.8 Å². The van der Waals surface area contributed by atoms with Crippen LogP contribution in [0.15, 0.2) is 6.07 Å². The summed E-state index contributed by atoms with van der Waals surface area (Å²) in [6.07, 6.45) is 0. The van der Waals surface area contributed by atoms with Gasteiger partial charge in [-0.3, -0.25) is 0 Å². The second-order valence-corrected chi connectivity index (χ2v) is 5.58. The van der Waals surface area contributed by atoms with E-state index in [9.17, 15) is 0 Å². The minimum atomic E-state index is -0.111. The van der Waals surface area contributed by atoms with Gasteiger partial charge in [-0.15, -0.1) is 0 Å². The topological polar surface area (TPSA) is 38.2 Å². The maximum atomic E-state index is 6.08. The molecule has 1 rings (SSSR count). The van der Waals surface area contributed by atoms with Gasteiger partial charge in [0.15, 0.2) is 0 Å². The zero-order chi connectivity index (χ0) is 13.8. The fourth-order valence-corrected chi connectivity index (χ4v) is 1.72. The van der Waals surface area contributed by atoms with Gasteiger partial charge in [0.2, 0.25) is 0 Å². The number of methoxy groups -OCH3 is 1. The van der Waals surface area contributed by atoms with Gasteiger partial charge in [-0.05, 0) is 6.92 Å². The Hall–Kier alpha value is -0.870. The van der Waals surface area contributed by atoms with Crippen molar-refractivity contribution in [1.82, 2.24) is 9.97 Å². The summed E-state index contributed by atoms with van der Waals surface area (Å²) in [6.45, 7) is 10.6. The number of hydrogen-bond acceptors (Lipinski definition) is 4. The fraction of sp³-hybridized carbons (Fsp3) is 0.692. The highest BCUT2D eigenvalue weighted by Gasteiger charge is 2.20. The maximum Gasteiger partial charge on any atom is 0.137 e. The summed E-state index contributed by atoms with van der Waals surface area (Å²) in [6, 6.07) is 1.80. The van der Waals surface area contributed by atoms with Gasteiger partial charge in [-0.25, -0.2) is 9.97 Å². The molecule has 0 aromatic carbocycles. The maximum absolute atomic E-state index is 6.08. The molecule has 0 unspecified atom stereocenters. The van der Waals surface area contributed by atoms with Crippen LogP contribution >= 0.6 is 11.6 Å². The van der Waals surface area contributed by atoms with E-state index in [4.69, 9.17) is 16.3 Å². The van der Waals surface area contributed by atoms with Crippen molar-refractivity contribution in [1.29, 1.82) is 0 Å². The zero-order valence-electron chi connectivity index (χ0n) is 11.8. The Kier molecular flexibility index (Phi) is 5.35. The van der Waals surface area contributed by atoms with Gasteiger partial charge in [0.05, 0.1) is 6.61 Å². The Morgan fingerprint density at radius 2 is 2.00 bits per heavy atom. The van der Waals surface area contributed by atoms with E-state index in [2.05, 4.69) is 42.6 Å². The van der Waals surface area contributed by atoms with E-state index in [1.165, 1.54) is 0 Å². The van der Waals surface area contributed by atoms with Crippen LogP contribution in [0.3, 0.4) is 0 Å². The van der Waals surface area contributed by atoms with Crippen LogP contribution in [0.2, 0.25) is 5.15 Å². The summed E-state index contributed by atoms with van der Waals surface area (Å²) in [5.74, 6) is 1.63. The van der Waals surface area contributed by atoms with Gasteiger partial charge >= 0.3 is 0 Å². The van der Waals surface area contributed by atoms with Gasteiger partial charge in [0, 0.05) is 31.7 Å². The molecular weight excluding hydrogens is 250 g/mol. The standard InChI is InChI=1S/C13H22ClN3O/c1-6-17(7-8-18-5)11-9-10(14)15-12(16-11)13(2,3)4/h9H,6-8H2,1-5H3. The number of anilines is 1. The molecule has 0 spiro atoms. The first-order valence-corrected chi connectivity index (χ1v) is 6.55. The van der Waals surface area contributed by atoms with E-state index >= 15 is 0 Å². The average molecular weight is 272 g/mol. The lowest BCUT2D eigenvalue weighted by atomic mass is 9.96. The Bertz CT molecular complexity index is 390. The van der Waals surface area contributed by atoms with Gasteiger partial charge in [-0.2, -0.15) is 0 Å². The second kappa shape index (κ2) is 6.34. The third-order valence-corrected chi connectivity index (χ3v) is 2.82. The minimum absolute atomic E-state index is 0.111. The molecule has 0 aliphatic heterocycles. The van der Waals surface area contributed by atoms with Crippen molar-refractivity contribution in [2.24, 2.45) is 0 Å². The van der Waals surface area contributed by atoms with E-state index in [-0.39, 0.29) is 5.41 Å². The first-order valence-electron chi connectivity index (χ1n) is 6.17. The molecule has 0 bridgehead atoms. The van der Waals surface area contributed by atoms with Crippen LogP contribution in [0, 0.1) is 0 Å². The highest BCUT2D eigenvalue weighted by Crippen LogP contribution is 2.23. The highest BCUT2D eigenvalue weighted by atomic mass is 35.5. The van der Waals surface area contributed by atoms with E-state index < -0.39 is 0 Å². The lowest BCUT2D eigenvalue weighted by Gasteiger charge is -2.24. The van der Waals surface area contributed by atoms with Gasteiger partial charge in [-0.1, -0.05) is 32.4 Å². The van der Waals surface area contributed by atoms with E-state index in [0.29, 0.717) is 11.8 Å². The van der Waals surface area contributed by atoms with Crippen LogP contribution in [0.4, 0.5) is 5.82 Å². The molecule has 1 aromatic heterocycles. The van der Waals surface area contributed by atoms with E-state index in [0.717, 1.165) is 24.7 Å². The van der Waals surface area contributed by atoms with Crippen molar-refractivity contribution in [2.45, 2.75) is 33.1 Å². The minimum Gasteiger partial charge on any atom is -0.383 e. The Morgan fingerprint density at radius 1 is 1.33 bits per heavy atom. The monoisotopic (exact) mass is 271 g/mol. The molecule has 0 amide bonds. The molecule has 18 heavy (non-hydrogen) atoms. The number of nitrogens with zero attached hydrogens (tertiary/aromatic N) is 3. The largest absolute Gasteiger partial charge is 0.383 e. The van der Waals surface area contributed by atoms with Crippen LogP contribution in [-0.2, 0) is 10.2 Å². The number of likely N-dealkylation sites (N-methyl/N-ethyl adjacent to an activating group) is 1. The smallest absolute Gasteiger partial charge is 0.137 e. The molecule has 0 aliphatic carbocycles. The number of rotatable bonds is 5. The summed E-state index contributed by atoms with van der Waals surface area (Å²) in [7, 11) is 1.70. The Morgan fingerprint density at radius 3 is 2.50 bits per heavy atom. The molecule has 0 N–H and O–H groups in total. The zero-order valence-corrected chi connectivity index (χ0v) is 12.6. The normalized spacial score (nSPS) is 11.7. The van der Waals surface area contributed by atoms with Crippen molar-refractivity contribution >= 4 is 17.4 Å². The second-order valence-electron chi connectivity index (χ2n) is 5.19. The third kappa shape index (κ3) is 4.10. The summed E-state index contributed by atoms with van der Waals surface area (Å²) >= 11 is 6.08. The summed E-state index contributed by atoms with van der Waals surface area (Å²) in [4.78, 5) is 11.0. The lowest BCUT2D eigenvalue weighted by Crippen LogP contribution is -2.29. The molecule has 4 nitrogen and oxygen atoms in total. The quantitative estimate of drug-likeness (QED) is 0.772. The molecule has 0 fully saturated rings. The third-order valence-electron chi connectivity index (χ3n) is 2.62. The van der Waals surface area contributed by atoms with Crippen LogP contribution in [0.5, 0.6) is 0 Å². The highest BCUT2D eigenvalue weighted by molar-refractivity contribution is 6.29. The molecule has 0 radical (unpaired) electrons.